The molecule has 35 heavy (non-hydrogen) atoms. The topological polar surface area (TPSA) is 69.3 Å². The fourth-order valence-electron chi connectivity index (χ4n) is 3.76. The monoisotopic (exact) mass is 516 g/mol. The van der Waals surface area contributed by atoms with E-state index >= 15 is 0 Å². The molecule has 3 aromatic carbocycles. The van der Waals surface area contributed by atoms with E-state index in [1.54, 1.807) is 28.4 Å². The van der Waals surface area contributed by atoms with E-state index in [1.807, 2.05) is 73.4 Å². The Morgan fingerprint density at radius 3 is 1.83 bits per heavy atom. The Labute approximate surface area is 209 Å². The second kappa shape index (κ2) is 12.9. The fraction of sp³-hybridized carbons (Fsp3) is 0.308. The van der Waals surface area contributed by atoms with Gasteiger partial charge in [0.1, 0.15) is 23.0 Å². The zero-order chi connectivity index (χ0) is 25.4. The molecule has 9 heteroatoms. The molecule has 0 fully saturated rings. The van der Waals surface area contributed by atoms with Crippen LogP contribution in [0.15, 0.2) is 60.7 Å². The summed E-state index contributed by atoms with van der Waals surface area (Å²) in [6.45, 7) is 1.43. The number of ether oxygens (including phenoxy) is 4. The van der Waals surface area contributed by atoms with Gasteiger partial charge in [0.25, 0.3) is 0 Å². The molecule has 1 unspecified atom stereocenters. The molecule has 0 saturated carbocycles. The number of nitrogens with zero attached hydrogens (tertiary/aromatic N) is 1. The zero-order valence-corrected chi connectivity index (χ0v) is 23.0. The van der Waals surface area contributed by atoms with Gasteiger partial charge >= 0.3 is 0 Å². The van der Waals surface area contributed by atoms with E-state index in [-0.39, 0.29) is 0 Å². The van der Waals surface area contributed by atoms with Gasteiger partial charge in [-0.2, -0.15) is 0 Å². The molecule has 188 valence electrons. The summed E-state index contributed by atoms with van der Waals surface area (Å²) in [6.07, 6.45) is 0. The van der Waals surface area contributed by atoms with Gasteiger partial charge in [-0.05, 0) is 57.7 Å². The molecule has 0 aliphatic heterocycles. The van der Waals surface area contributed by atoms with Gasteiger partial charge in [0.05, 0.1) is 28.4 Å². The Morgan fingerprint density at radius 2 is 1.34 bits per heavy atom. The third-order valence-corrected chi connectivity index (χ3v) is 10.3. The molecule has 7 nitrogen and oxygen atoms in total. The lowest BCUT2D eigenvalue weighted by atomic mass is 10.3. The first-order valence-electron chi connectivity index (χ1n) is 11.2. The van der Waals surface area contributed by atoms with Gasteiger partial charge in [-0.3, -0.25) is 4.67 Å². The second-order valence-electron chi connectivity index (χ2n) is 7.76. The van der Waals surface area contributed by atoms with Crippen molar-refractivity contribution in [3.63, 3.8) is 0 Å². The van der Waals surface area contributed by atoms with Crippen LogP contribution in [0.2, 0.25) is 0 Å². The Morgan fingerprint density at radius 1 is 0.800 bits per heavy atom. The summed E-state index contributed by atoms with van der Waals surface area (Å²) in [7, 11) is 6.91. The highest BCUT2D eigenvalue weighted by Gasteiger charge is 2.28. The van der Waals surface area contributed by atoms with Crippen molar-refractivity contribution >= 4 is 37.1 Å². The standard InChI is InChI=1S/C26H34N2O5P2/c1-27-15-16-28(2)35(29)26-10-8-7-9-25(26)34(23-13-11-19(30-3)17-21(23)32-5)24-14-12-20(31-4)18-22(24)33-6/h7-14,17-18,27,35H,15-16H2,1-6H3. The lowest BCUT2D eigenvalue weighted by Gasteiger charge is -2.27. The van der Waals surface area contributed by atoms with E-state index in [4.69, 9.17) is 18.9 Å². The van der Waals surface area contributed by atoms with Crippen LogP contribution in [0.5, 0.6) is 23.0 Å². The highest BCUT2D eigenvalue weighted by molar-refractivity contribution is 7.81. The Balaban J connectivity index is 2.27. The summed E-state index contributed by atoms with van der Waals surface area (Å²) < 4.78 is 38.2. The lowest BCUT2D eigenvalue weighted by Crippen LogP contribution is -2.33. The molecule has 0 aromatic heterocycles. The fourth-order valence-corrected chi connectivity index (χ4v) is 8.18. The minimum Gasteiger partial charge on any atom is -0.497 e. The summed E-state index contributed by atoms with van der Waals surface area (Å²) >= 11 is 0. The molecule has 0 saturated heterocycles. The van der Waals surface area contributed by atoms with Crippen LogP contribution in [-0.4, -0.2) is 60.3 Å². The number of methoxy groups -OCH3 is 4. The maximum Gasteiger partial charge on any atom is 0.167 e. The van der Waals surface area contributed by atoms with Crippen molar-refractivity contribution in [2.45, 2.75) is 0 Å². The van der Waals surface area contributed by atoms with Crippen LogP contribution in [0, 0.1) is 0 Å². The Hall–Kier alpha value is -2.56. The third-order valence-electron chi connectivity index (χ3n) is 5.67. The van der Waals surface area contributed by atoms with Crippen LogP contribution >= 0.6 is 15.9 Å². The van der Waals surface area contributed by atoms with Crippen LogP contribution in [-0.2, 0) is 4.57 Å². The molecule has 3 rings (SSSR count). The van der Waals surface area contributed by atoms with E-state index in [2.05, 4.69) is 11.4 Å². The molecule has 1 atom stereocenters. The minimum absolute atomic E-state index is 0.679. The molecule has 1 N–H and O–H groups in total. The summed E-state index contributed by atoms with van der Waals surface area (Å²) in [5, 5.41) is 6.91. The maximum absolute atomic E-state index is 13.7. The summed E-state index contributed by atoms with van der Waals surface area (Å²) in [4.78, 5) is 0. The highest BCUT2D eigenvalue weighted by Crippen LogP contribution is 2.42. The largest absolute Gasteiger partial charge is 0.497 e. The van der Waals surface area contributed by atoms with Crippen molar-refractivity contribution < 1.29 is 23.5 Å². The molecular weight excluding hydrogens is 482 g/mol. The van der Waals surface area contributed by atoms with Crippen molar-refractivity contribution in [3.05, 3.63) is 60.7 Å². The number of hydrogen-bond acceptors (Lipinski definition) is 6. The van der Waals surface area contributed by atoms with Crippen LogP contribution in [0.4, 0.5) is 0 Å². The third kappa shape index (κ3) is 6.17. The first-order valence-corrected chi connectivity index (χ1v) is 13.9. The van der Waals surface area contributed by atoms with Crippen LogP contribution in [0.25, 0.3) is 0 Å². The van der Waals surface area contributed by atoms with Gasteiger partial charge in [0.15, 0.2) is 7.95 Å². The highest BCUT2D eigenvalue weighted by atomic mass is 31.1. The van der Waals surface area contributed by atoms with Crippen molar-refractivity contribution in [2.75, 3.05) is 55.6 Å². The molecule has 0 spiro atoms. The van der Waals surface area contributed by atoms with E-state index in [0.29, 0.717) is 29.5 Å². The molecule has 0 amide bonds. The van der Waals surface area contributed by atoms with Crippen molar-refractivity contribution in [1.82, 2.24) is 9.99 Å². The molecule has 0 heterocycles. The van der Waals surface area contributed by atoms with E-state index in [1.165, 1.54) is 0 Å². The second-order valence-corrected chi connectivity index (χ2v) is 11.8. The van der Waals surface area contributed by atoms with Gasteiger partial charge in [0, 0.05) is 41.1 Å². The molecule has 3 aromatic rings. The van der Waals surface area contributed by atoms with Gasteiger partial charge in [0.2, 0.25) is 0 Å². The molecule has 0 aliphatic carbocycles. The maximum atomic E-state index is 13.7. The number of nitrogens with one attached hydrogen (secondary N) is 1. The number of hydrogen-bond donors (Lipinski definition) is 1. The predicted octanol–water partition coefficient (Wildman–Crippen LogP) is 2.73. The van der Waals surface area contributed by atoms with Gasteiger partial charge < -0.3 is 28.8 Å². The van der Waals surface area contributed by atoms with Crippen LogP contribution < -0.4 is 45.5 Å². The van der Waals surface area contributed by atoms with Crippen LogP contribution in [0.3, 0.4) is 0 Å². The summed E-state index contributed by atoms with van der Waals surface area (Å²) in [5.41, 5.74) is 0. The van der Waals surface area contributed by atoms with Gasteiger partial charge in [-0.15, -0.1) is 0 Å². The van der Waals surface area contributed by atoms with Crippen molar-refractivity contribution in [1.29, 1.82) is 0 Å². The minimum atomic E-state index is -2.24. The quantitative estimate of drug-likeness (QED) is 0.372. The van der Waals surface area contributed by atoms with E-state index < -0.39 is 15.9 Å². The average Bonchev–Trinajstić information content (AvgIpc) is 2.91. The number of likely N-dealkylation sites (N-methyl/N-ethyl adjacent to an activating group) is 2. The lowest BCUT2D eigenvalue weighted by molar-refractivity contribution is 0.396. The Bertz CT molecular complexity index is 1100. The molecule has 0 radical (unpaired) electrons. The molecule has 0 aliphatic rings. The summed E-state index contributed by atoms with van der Waals surface area (Å²) in [6, 6.07) is 19.6. The number of rotatable bonds is 12. The van der Waals surface area contributed by atoms with Crippen molar-refractivity contribution in [3.8, 4) is 23.0 Å². The Kier molecular flexibility index (Phi) is 10.00. The van der Waals surface area contributed by atoms with E-state index in [9.17, 15) is 4.57 Å². The predicted molar refractivity (Wildman–Crippen MR) is 147 cm³/mol. The molecule has 0 bridgehead atoms. The smallest absolute Gasteiger partial charge is 0.167 e. The zero-order valence-electron chi connectivity index (χ0n) is 21.1. The first kappa shape index (κ1) is 27.0. The molecular formula is C26H34N2O5P2. The normalized spacial score (nSPS) is 12.0. The first-order chi connectivity index (χ1) is 17.0. The average molecular weight is 517 g/mol. The summed E-state index contributed by atoms with van der Waals surface area (Å²) in [5.74, 6) is 2.81. The van der Waals surface area contributed by atoms with E-state index in [0.717, 1.165) is 27.8 Å². The number of benzene rings is 3. The van der Waals surface area contributed by atoms with Gasteiger partial charge in [-0.25, -0.2) is 0 Å². The van der Waals surface area contributed by atoms with Gasteiger partial charge in [-0.1, -0.05) is 18.2 Å². The van der Waals surface area contributed by atoms with Crippen molar-refractivity contribution in [2.24, 2.45) is 0 Å². The van der Waals surface area contributed by atoms with Crippen LogP contribution in [0.1, 0.15) is 0 Å². The SMILES string of the molecule is CNCCN(C)[PH](=O)c1ccccc1P(c1ccc(OC)cc1OC)c1ccc(OC)cc1OC.